The van der Waals surface area contributed by atoms with Crippen molar-refractivity contribution in [1.82, 2.24) is 0 Å². The zero-order valence-corrected chi connectivity index (χ0v) is 26.6. The Morgan fingerprint density at radius 3 is 1.34 bits per heavy atom. The van der Waals surface area contributed by atoms with Gasteiger partial charge in [0.05, 0.1) is 33.0 Å². The largest absolute Gasteiger partial charge is 0.374 e. The second-order valence-corrected chi connectivity index (χ2v) is 11.7. The van der Waals surface area contributed by atoms with Crippen molar-refractivity contribution in [3.63, 3.8) is 0 Å². The molecule has 0 radical (unpaired) electrons. The lowest BCUT2D eigenvalue weighted by molar-refractivity contribution is -0.263. The lowest BCUT2D eigenvalue weighted by Crippen LogP contribution is -2.60. The van der Waals surface area contributed by atoms with E-state index >= 15 is 0 Å². The summed E-state index contributed by atoms with van der Waals surface area (Å²) in [6, 6.07) is 51.0. The molecule has 5 aromatic carbocycles. The molecule has 240 valence electrons. The monoisotopic (exact) mass is 626 g/mol. The highest BCUT2D eigenvalue weighted by molar-refractivity contribution is 5.49. The Hall–Kier alpha value is -4.36. The first-order chi connectivity index (χ1) is 23.3. The van der Waals surface area contributed by atoms with Gasteiger partial charge < -0.3 is 23.7 Å². The molecule has 5 heteroatoms. The maximum absolute atomic E-state index is 6.89. The number of hydrogen-bond acceptors (Lipinski definition) is 5. The third-order valence-corrected chi connectivity index (χ3v) is 8.20. The van der Waals surface area contributed by atoms with Gasteiger partial charge in [0.2, 0.25) is 0 Å². The van der Waals surface area contributed by atoms with Gasteiger partial charge in [-0.05, 0) is 27.8 Å². The minimum atomic E-state index is -0.461. The summed E-state index contributed by atoms with van der Waals surface area (Å²) in [5.74, 6) is 0. The maximum atomic E-state index is 6.89. The Morgan fingerprint density at radius 1 is 0.447 bits per heavy atom. The van der Waals surface area contributed by atoms with Crippen LogP contribution in [0.3, 0.4) is 0 Å². The fourth-order valence-corrected chi connectivity index (χ4v) is 5.75. The van der Waals surface area contributed by atoms with E-state index in [0.29, 0.717) is 33.0 Å². The van der Waals surface area contributed by atoms with Crippen molar-refractivity contribution in [1.29, 1.82) is 0 Å². The normalized spacial score (nSPS) is 21.1. The number of rotatable bonds is 15. The van der Waals surface area contributed by atoms with E-state index in [1.807, 2.05) is 91.0 Å². The van der Waals surface area contributed by atoms with E-state index in [2.05, 4.69) is 72.8 Å². The van der Waals surface area contributed by atoms with Crippen molar-refractivity contribution in [2.24, 2.45) is 0 Å². The maximum Gasteiger partial charge on any atom is 0.116 e. The fourth-order valence-electron chi connectivity index (χ4n) is 5.75. The van der Waals surface area contributed by atoms with Crippen molar-refractivity contribution >= 4 is 6.08 Å². The van der Waals surface area contributed by atoms with Crippen LogP contribution in [0.2, 0.25) is 0 Å². The quantitative estimate of drug-likeness (QED) is 0.117. The molecule has 1 heterocycles. The lowest BCUT2D eigenvalue weighted by Gasteiger charge is -2.45. The molecule has 0 spiro atoms. The van der Waals surface area contributed by atoms with Crippen molar-refractivity contribution in [2.45, 2.75) is 56.9 Å². The van der Waals surface area contributed by atoms with E-state index in [9.17, 15) is 0 Å². The average molecular weight is 627 g/mol. The SMILES string of the molecule is C(=C\[C@@H]1O[C@H](COCc2ccccc2)[C@H](OCc2ccccc2)[C@H](OCc2ccccc2)[C@H]1OCc1ccccc1)/c1ccccc1. The zero-order chi connectivity index (χ0) is 31.9. The molecule has 1 saturated heterocycles. The van der Waals surface area contributed by atoms with E-state index in [4.69, 9.17) is 23.7 Å². The summed E-state index contributed by atoms with van der Waals surface area (Å²) < 4.78 is 33.5. The van der Waals surface area contributed by atoms with Crippen LogP contribution >= 0.6 is 0 Å². The highest BCUT2D eigenvalue weighted by atomic mass is 16.6. The Labute approximate surface area is 278 Å². The Morgan fingerprint density at radius 2 is 0.851 bits per heavy atom. The molecule has 1 fully saturated rings. The molecule has 6 rings (SSSR count). The van der Waals surface area contributed by atoms with Crippen LogP contribution in [0.15, 0.2) is 158 Å². The first-order valence-corrected chi connectivity index (χ1v) is 16.3. The first kappa shape index (κ1) is 32.6. The zero-order valence-electron chi connectivity index (χ0n) is 26.6. The van der Waals surface area contributed by atoms with Crippen LogP contribution in [-0.2, 0) is 50.1 Å². The molecule has 0 unspecified atom stereocenters. The van der Waals surface area contributed by atoms with E-state index < -0.39 is 30.5 Å². The van der Waals surface area contributed by atoms with E-state index in [1.54, 1.807) is 0 Å². The number of hydrogen-bond donors (Lipinski definition) is 0. The van der Waals surface area contributed by atoms with Gasteiger partial charge in [0.25, 0.3) is 0 Å². The first-order valence-electron chi connectivity index (χ1n) is 16.3. The molecular weight excluding hydrogens is 584 g/mol. The molecule has 1 aliphatic rings. The predicted molar refractivity (Wildman–Crippen MR) is 185 cm³/mol. The molecule has 0 bridgehead atoms. The summed E-state index contributed by atoms with van der Waals surface area (Å²) in [7, 11) is 0. The molecule has 0 N–H and O–H groups in total. The molecule has 1 aliphatic heterocycles. The minimum absolute atomic E-state index is 0.334. The molecule has 0 amide bonds. The lowest BCUT2D eigenvalue weighted by atomic mass is 9.93. The van der Waals surface area contributed by atoms with Gasteiger partial charge in [0, 0.05) is 0 Å². The van der Waals surface area contributed by atoms with E-state index in [1.165, 1.54) is 0 Å². The molecule has 5 nitrogen and oxygen atoms in total. The molecule has 5 atom stereocenters. The predicted octanol–water partition coefficient (Wildman–Crippen LogP) is 8.44. The van der Waals surface area contributed by atoms with Crippen LogP contribution in [-0.4, -0.2) is 37.1 Å². The molecule has 0 aromatic heterocycles. The fraction of sp³-hybridized carbons (Fsp3) is 0.238. The third kappa shape index (κ3) is 9.82. The topological polar surface area (TPSA) is 46.2 Å². The van der Waals surface area contributed by atoms with E-state index in [-0.39, 0.29) is 0 Å². The van der Waals surface area contributed by atoms with Crippen LogP contribution in [0.25, 0.3) is 6.08 Å². The van der Waals surface area contributed by atoms with Gasteiger partial charge in [0.1, 0.15) is 30.5 Å². The van der Waals surface area contributed by atoms with Gasteiger partial charge in [-0.15, -0.1) is 0 Å². The summed E-state index contributed by atoms with van der Waals surface area (Å²) in [5, 5.41) is 0. The number of ether oxygens (including phenoxy) is 5. The number of benzene rings is 5. The highest BCUT2D eigenvalue weighted by Crippen LogP contribution is 2.32. The summed E-state index contributed by atoms with van der Waals surface area (Å²) in [6.07, 6.45) is 1.98. The van der Waals surface area contributed by atoms with Crippen molar-refractivity contribution < 1.29 is 23.7 Å². The van der Waals surface area contributed by atoms with Gasteiger partial charge in [-0.3, -0.25) is 0 Å². The average Bonchev–Trinajstić information content (AvgIpc) is 3.14. The van der Waals surface area contributed by atoms with Gasteiger partial charge in [0.15, 0.2) is 0 Å². The van der Waals surface area contributed by atoms with Crippen LogP contribution in [0.4, 0.5) is 0 Å². The smallest absolute Gasteiger partial charge is 0.116 e. The summed E-state index contributed by atoms with van der Waals surface area (Å²) in [4.78, 5) is 0. The highest BCUT2D eigenvalue weighted by Gasteiger charge is 2.47. The summed E-state index contributed by atoms with van der Waals surface area (Å²) in [5.41, 5.74) is 5.42. The summed E-state index contributed by atoms with van der Waals surface area (Å²) >= 11 is 0. The van der Waals surface area contributed by atoms with Gasteiger partial charge in [-0.25, -0.2) is 0 Å². The molecule has 47 heavy (non-hydrogen) atoms. The molecule has 5 aromatic rings. The van der Waals surface area contributed by atoms with Crippen molar-refractivity contribution in [2.75, 3.05) is 6.61 Å². The standard InChI is InChI=1S/C42H42O5/c1-6-16-33(17-7-1)26-27-38-40(44-29-35-20-10-3-11-21-35)42(46-31-37-24-14-5-15-25-37)41(45-30-36-22-12-4-13-23-36)39(47-38)32-43-28-34-18-8-2-9-19-34/h1-27,38-42H,28-32H2/b27-26+/t38-,39+,40-,41-,42+/m0/s1. The third-order valence-electron chi connectivity index (χ3n) is 8.20. The van der Waals surface area contributed by atoms with Crippen molar-refractivity contribution in [3.05, 3.63) is 186 Å². The Balaban J connectivity index is 1.32. The van der Waals surface area contributed by atoms with Crippen LogP contribution in [0, 0.1) is 0 Å². The molecular formula is C42H42O5. The van der Waals surface area contributed by atoms with Crippen LogP contribution in [0.1, 0.15) is 27.8 Å². The van der Waals surface area contributed by atoms with E-state index in [0.717, 1.165) is 27.8 Å². The van der Waals surface area contributed by atoms with Crippen LogP contribution < -0.4 is 0 Å². The minimum Gasteiger partial charge on any atom is -0.374 e. The second kappa shape index (κ2) is 17.5. The summed E-state index contributed by atoms with van der Waals surface area (Å²) in [6.45, 7) is 2.04. The second-order valence-electron chi connectivity index (χ2n) is 11.7. The Kier molecular flexibility index (Phi) is 12.1. The molecule has 0 saturated carbocycles. The van der Waals surface area contributed by atoms with Gasteiger partial charge in [-0.1, -0.05) is 164 Å². The van der Waals surface area contributed by atoms with Crippen LogP contribution in [0.5, 0.6) is 0 Å². The van der Waals surface area contributed by atoms with Gasteiger partial charge in [-0.2, -0.15) is 0 Å². The van der Waals surface area contributed by atoms with Gasteiger partial charge >= 0.3 is 0 Å². The Bertz CT molecular complexity index is 1600. The molecule has 0 aliphatic carbocycles. The van der Waals surface area contributed by atoms with Crippen molar-refractivity contribution in [3.8, 4) is 0 Å².